The fourth-order valence-electron chi connectivity index (χ4n) is 5.27. The molecule has 210 valence electrons. The number of aromatic nitrogens is 2. The van der Waals surface area contributed by atoms with Crippen LogP contribution >= 0.6 is 11.6 Å². The zero-order valence-electron chi connectivity index (χ0n) is 21.8. The summed E-state index contributed by atoms with van der Waals surface area (Å²) in [5, 5.41) is 24.3. The summed E-state index contributed by atoms with van der Waals surface area (Å²) in [4.78, 5) is 45.9. The number of phenolic OH excluding ortho intramolecular Hbond substituents is 1. The number of anilines is 1. The van der Waals surface area contributed by atoms with Gasteiger partial charge in [0.15, 0.2) is 0 Å². The number of H-pyrrole nitrogens is 2. The summed E-state index contributed by atoms with van der Waals surface area (Å²) in [7, 11) is 1.57. The molecule has 40 heavy (non-hydrogen) atoms. The van der Waals surface area contributed by atoms with Crippen molar-refractivity contribution in [3.05, 3.63) is 53.3 Å². The smallest absolute Gasteiger partial charge is 0.326 e. The van der Waals surface area contributed by atoms with Crippen LogP contribution in [0.3, 0.4) is 0 Å². The van der Waals surface area contributed by atoms with E-state index in [1.807, 2.05) is 12.1 Å². The Bertz CT molecular complexity index is 1610. The molecular weight excluding hydrogens is 538 g/mol. The number of nitrogens with one attached hydrogen (secondary N) is 3. The number of carbonyl (C=O) groups excluding carboxylic acids is 2. The molecule has 4 aromatic rings. The normalized spacial score (nSPS) is 15.4. The van der Waals surface area contributed by atoms with E-state index in [1.165, 1.54) is 6.07 Å². The number of aromatic amines is 2. The monoisotopic (exact) mass is 567 g/mol. The summed E-state index contributed by atoms with van der Waals surface area (Å²) in [5.74, 6) is -1.59. The minimum Gasteiger partial charge on any atom is -0.506 e. The predicted octanol–water partition coefficient (Wildman–Crippen LogP) is 3.66. The number of aromatic hydroxyl groups is 1. The molecule has 0 bridgehead atoms. The molecule has 2 aromatic heterocycles. The number of nitrogens with two attached hydrogens (primary N) is 1. The fraction of sp³-hybridized carbons (Fsp3) is 0.321. The summed E-state index contributed by atoms with van der Waals surface area (Å²) in [6.45, 7) is 0.715. The molecule has 5 rings (SSSR count). The van der Waals surface area contributed by atoms with Crippen LogP contribution in [0.2, 0.25) is 0 Å². The molecule has 2 atom stereocenters. The van der Waals surface area contributed by atoms with Crippen LogP contribution < -0.4 is 20.7 Å². The van der Waals surface area contributed by atoms with Gasteiger partial charge in [-0.05, 0) is 61.7 Å². The zero-order chi connectivity index (χ0) is 28.6. The highest BCUT2D eigenvalue weighted by molar-refractivity contribution is 6.19. The lowest BCUT2D eigenvalue weighted by Gasteiger charge is -2.17. The van der Waals surface area contributed by atoms with Gasteiger partial charge in [-0.3, -0.25) is 9.59 Å². The van der Waals surface area contributed by atoms with E-state index < -0.39 is 17.9 Å². The molecule has 11 nitrogen and oxygen atoms in total. The number of aliphatic carboxylic acids is 1. The maximum Gasteiger partial charge on any atom is 0.326 e. The predicted molar refractivity (Wildman–Crippen MR) is 152 cm³/mol. The van der Waals surface area contributed by atoms with Crippen LogP contribution in [0.15, 0.2) is 36.4 Å². The van der Waals surface area contributed by atoms with Crippen LogP contribution in [0.5, 0.6) is 11.5 Å². The molecule has 0 spiro atoms. The van der Waals surface area contributed by atoms with Crippen molar-refractivity contribution in [1.82, 2.24) is 15.3 Å². The molecule has 7 N–H and O–H groups in total. The van der Waals surface area contributed by atoms with E-state index in [0.29, 0.717) is 47.4 Å². The highest BCUT2D eigenvalue weighted by Crippen LogP contribution is 2.46. The number of carboxylic acid groups (broad SMARTS) is 1. The Balaban J connectivity index is 1.48. The third-order valence-electron chi connectivity index (χ3n) is 7.30. The van der Waals surface area contributed by atoms with E-state index in [4.69, 9.17) is 22.1 Å². The third-order valence-corrected chi connectivity index (χ3v) is 7.67. The van der Waals surface area contributed by atoms with Gasteiger partial charge < -0.3 is 40.9 Å². The van der Waals surface area contributed by atoms with Gasteiger partial charge in [0.1, 0.15) is 28.9 Å². The van der Waals surface area contributed by atoms with Crippen molar-refractivity contribution in [2.24, 2.45) is 5.73 Å². The minimum absolute atomic E-state index is 0.0893. The molecule has 1 unspecified atom stereocenters. The van der Waals surface area contributed by atoms with Crippen molar-refractivity contribution in [3.63, 3.8) is 0 Å². The van der Waals surface area contributed by atoms with E-state index in [9.17, 15) is 24.6 Å². The lowest BCUT2D eigenvalue weighted by molar-refractivity contribution is -0.139. The Kier molecular flexibility index (Phi) is 7.59. The first-order chi connectivity index (χ1) is 19.2. The standard InChI is InChI=1S/C28H30ClN5O6/c1-40-16-5-6-18-14(8-16)9-21(31-18)27(37)34-13-15(12-29)24-17-10-20(32-25(17)23(35)11-22(24)34)26(36)33-19(28(38)39)4-2-3-7-30/h5-6,8-11,15,19,31-32,35H,2-4,7,12-13,30H2,1H3,(H,33,36)(H,38,39)/t15?,19-/m0/s1. The topological polar surface area (TPSA) is 174 Å². The van der Waals surface area contributed by atoms with Crippen LogP contribution in [0.4, 0.5) is 5.69 Å². The molecule has 1 aliphatic heterocycles. The number of carboxylic acids is 1. The fourth-order valence-corrected chi connectivity index (χ4v) is 5.53. The van der Waals surface area contributed by atoms with Gasteiger partial charge in [0.2, 0.25) is 0 Å². The summed E-state index contributed by atoms with van der Waals surface area (Å²) in [5.41, 5.74) is 8.25. The van der Waals surface area contributed by atoms with E-state index >= 15 is 0 Å². The Morgan fingerprint density at radius 2 is 1.98 bits per heavy atom. The first-order valence-electron chi connectivity index (χ1n) is 12.9. The van der Waals surface area contributed by atoms with E-state index in [2.05, 4.69) is 15.3 Å². The van der Waals surface area contributed by atoms with E-state index in [1.54, 1.807) is 30.2 Å². The largest absolute Gasteiger partial charge is 0.506 e. The highest BCUT2D eigenvalue weighted by Gasteiger charge is 2.36. The quantitative estimate of drug-likeness (QED) is 0.125. The number of hydrogen-bond acceptors (Lipinski definition) is 6. The van der Waals surface area contributed by atoms with Gasteiger partial charge in [-0.1, -0.05) is 0 Å². The van der Waals surface area contributed by atoms with Crippen LogP contribution in [0.1, 0.15) is 51.7 Å². The van der Waals surface area contributed by atoms with Gasteiger partial charge in [0.25, 0.3) is 11.8 Å². The average molecular weight is 568 g/mol. The van der Waals surface area contributed by atoms with Crippen molar-refractivity contribution >= 4 is 56.9 Å². The van der Waals surface area contributed by atoms with Crippen molar-refractivity contribution in [3.8, 4) is 11.5 Å². The van der Waals surface area contributed by atoms with Gasteiger partial charge >= 0.3 is 5.97 Å². The lowest BCUT2D eigenvalue weighted by atomic mass is 9.98. The number of methoxy groups -OCH3 is 1. The van der Waals surface area contributed by atoms with Crippen LogP contribution in [0, 0.1) is 0 Å². The molecule has 0 saturated heterocycles. The molecular formula is C28H30ClN5O6. The van der Waals surface area contributed by atoms with Crippen LogP contribution in [-0.2, 0) is 4.79 Å². The number of ether oxygens (including phenoxy) is 1. The van der Waals surface area contributed by atoms with Gasteiger partial charge in [0, 0.05) is 40.7 Å². The Morgan fingerprint density at radius 3 is 2.67 bits per heavy atom. The van der Waals surface area contributed by atoms with Gasteiger partial charge in [-0.25, -0.2) is 4.79 Å². The number of halogens is 1. The number of amides is 2. The number of unbranched alkanes of at least 4 members (excludes halogenated alkanes) is 1. The molecule has 12 heteroatoms. The summed E-state index contributed by atoms with van der Waals surface area (Å²) in [6, 6.07) is 9.18. The number of fused-ring (bicyclic) bond motifs is 4. The van der Waals surface area contributed by atoms with Gasteiger partial charge in [-0.2, -0.15) is 0 Å². The van der Waals surface area contributed by atoms with Crippen molar-refractivity contribution in [1.29, 1.82) is 0 Å². The van der Waals surface area contributed by atoms with Crippen molar-refractivity contribution in [2.45, 2.75) is 31.2 Å². The summed E-state index contributed by atoms with van der Waals surface area (Å²) >= 11 is 6.34. The first kappa shape index (κ1) is 27.4. The number of carbonyl (C=O) groups is 3. The molecule has 1 aliphatic rings. The first-order valence-corrected chi connectivity index (χ1v) is 13.5. The Hall–Kier alpha value is -4.22. The molecule has 0 saturated carbocycles. The highest BCUT2D eigenvalue weighted by atomic mass is 35.5. The van der Waals surface area contributed by atoms with Crippen LogP contribution in [-0.4, -0.2) is 70.1 Å². The van der Waals surface area contributed by atoms with E-state index in [0.717, 1.165) is 16.5 Å². The average Bonchev–Trinajstić information content (AvgIpc) is 3.66. The SMILES string of the molecule is COc1ccc2[nH]c(C(=O)N3CC(CCl)c4c3cc(O)c3[nH]c(C(=O)N[C@@H](CCCCN)C(=O)O)cc43)cc2c1. The Labute approximate surface area is 234 Å². The van der Waals surface area contributed by atoms with Crippen LogP contribution in [0.25, 0.3) is 21.8 Å². The lowest BCUT2D eigenvalue weighted by Crippen LogP contribution is -2.40. The Morgan fingerprint density at radius 1 is 1.18 bits per heavy atom. The number of rotatable bonds is 10. The summed E-state index contributed by atoms with van der Waals surface area (Å²) in [6.07, 6.45) is 1.44. The maximum absolute atomic E-state index is 13.7. The number of benzene rings is 2. The van der Waals surface area contributed by atoms with Gasteiger partial charge in [0.05, 0.1) is 18.3 Å². The molecule has 3 heterocycles. The molecule has 0 radical (unpaired) electrons. The molecule has 0 fully saturated rings. The zero-order valence-corrected chi connectivity index (χ0v) is 22.5. The van der Waals surface area contributed by atoms with Crippen molar-refractivity contribution < 1.29 is 29.3 Å². The van der Waals surface area contributed by atoms with E-state index in [-0.39, 0.29) is 42.1 Å². The number of phenols is 1. The minimum atomic E-state index is -1.14. The number of alkyl halides is 1. The molecule has 0 aliphatic carbocycles. The second-order valence-electron chi connectivity index (χ2n) is 9.85. The van der Waals surface area contributed by atoms with Gasteiger partial charge in [-0.15, -0.1) is 11.6 Å². The number of nitrogens with zero attached hydrogens (tertiary/aromatic N) is 1. The molecule has 2 amide bonds. The maximum atomic E-state index is 13.7. The third kappa shape index (κ3) is 4.93. The summed E-state index contributed by atoms with van der Waals surface area (Å²) < 4.78 is 5.28. The second-order valence-corrected chi connectivity index (χ2v) is 10.2. The second kappa shape index (κ2) is 11.1. The van der Waals surface area contributed by atoms with Crippen molar-refractivity contribution in [2.75, 3.05) is 31.0 Å². The number of hydrogen-bond donors (Lipinski definition) is 6. The molecule has 2 aromatic carbocycles.